The summed E-state index contributed by atoms with van der Waals surface area (Å²) in [6.07, 6.45) is 5.40. The van der Waals surface area contributed by atoms with E-state index in [9.17, 15) is 0 Å². The summed E-state index contributed by atoms with van der Waals surface area (Å²) in [6, 6.07) is 0. The third-order valence-electron chi connectivity index (χ3n) is 1.89. The summed E-state index contributed by atoms with van der Waals surface area (Å²) < 4.78 is 0. The van der Waals surface area contributed by atoms with Crippen molar-refractivity contribution in [2.75, 3.05) is 0 Å². The first-order chi connectivity index (χ1) is 6.22. The van der Waals surface area contributed by atoms with Crippen LogP contribution in [-0.4, -0.2) is 15.1 Å². The van der Waals surface area contributed by atoms with E-state index in [0.717, 1.165) is 24.2 Å². The van der Waals surface area contributed by atoms with Gasteiger partial charge in [0.15, 0.2) is 0 Å². The van der Waals surface area contributed by atoms with Crippen LogP contribution in [0.1, 0.15) is 31.7 Å². The molecule has 0 radical (unpaired) electrons. The number of aromatic nitrogens is 2. The highest BCUT2D eigenvalue weighted by molar-refractivity contribution is 5.03. The van der Waals surface area contributed by atoms with E-state index < -0.39 is 0 Å². The van der Waals surface area contributed by atoms with Crippen LogP contribution in [-0.2, 0) is 13.0 Å². The quantitative estimate of drug-likeness (QED) is 0.764. The highest BCUT2D eigenvalue weighted by Gasteiger charge is 1.99. The van der Waals surface area contributed by atoms with Gasteiger partial charge in [-0.2, -0.15) is 0 Å². The van der Waals surface area contributed by atoms with E-state index in [1.807, 2.05) is 0 Å². The maximum Gasteiger partial charge on any atom is 0.128 e. The first kappa shape index (κ1) is 10.1. The minimum absolute atomic E-state index is 0.0183. The number of hydrogen-bond donors (Lipinski definition) is 1. The molecule has 0 spiro atoms. The Labute approximate surface area is 78.9 Å². The first-order valence-corrected chi connectivity index (χ1v) is 4.63. The standard InChI is InChI=1S/C10H16N2O/c1-8(2)3-4-10-11-5-9(7-13)6-12-10/h5-6,8,13H,3-4,7H2,1-2H3. The number of aliphatic hydroxyl groups is 1. The number of aliphatic hydroxyl groups excluding tert-OH is 1. The highest BCUT2D eigenvalue weighted by Crippen LogP contribution is 2.05. The molecule has 0 saturated carbocycles. The van der Waals surface area contributed by atoms with E-state index in [4.69, 9.17) is 5.11 Å². The summed E-state index contributed by atoms with van der Waals surface area (Å²) in [6.45, 7) is 4.38. The first-order valence-electron chi connectivity index (χ1n) is 4.63. The van der Waals surface area contributed by atoms with Crippen LogP contribution in [0.5, 0.6) is 0 Å². The third kappa shape index (κ3) is 3.51. The van der Waals surface area contributed by atoms with Crippen LogP contribution in [0.2, 0.25) is 0 Å². The van der Waals surface area contributed by atoms with E-state index in [1.165, 1.54) is 0 Å². The van der Waals surface area contributed by atoms with Crippen molar-refractivity contribution in [2.45, 2.75) is 33.3 Å². The smallest absolute Gasteiger partial charge is 0.128 e. The van der Waals surface area contributed by atoms with Gasteiger partial charge in [-0.1, -0.05) is 13.8 Å². The Bertz CT molecular complexity index is 244. The molecule has 0 saturated heterocycles. The van der Waals surface area contributed by atoms with Crippen LogP contribution >= 0.6 is 0 Å². The zero-order valence-electron chi connectivity index (χ0n) is 8.20. The van der Waals surface area contributed by atoms with Gasteiger partial charge in [0.2, 0.25) is 0 Å². The van der Waals surface area contributed by atoms with Crippen molar-refractivity contribution in [2.24, 2.45) is 5.92 Å². The minimum Gasteiger partial charge on any atom is -0.392 e. The molecule has 0 amide bonds. The molecule has 0 aromatic carbocycles. The maximum atomic E-state index is 8.77. The molecule has 1 rings (SSSR count). The lowest BCUT2D eigenvalue weighted by atomic mass is 10.1. The number of rotatable bonds is 4. The van der Waals surface area contributed by atoms with Gasteiger partial charge in [-0.05, 0) is 12.3 Å². The van der Waals surface area contributed by atoms with Gasteiger partial charge in [-0.15, -0.1) is 0 Å². The second kappa shape index (κ2) is 4.92. The molecule has 1 aromatic rings. The van der Waals surface area contributed by atoms with Gasteiger partial charge in [0.1, 0.15) is 5.82 Å². The fraction of sp³-hybridized carbons (Fsp3) is 0.600. The topological polar surface area (TPSA) is 46.0 Å². The van der Waals surface area contributed by atoms with Crippen molar-refractivity contribution in [3.8, 4) is 0 Å². The number of aryl methyl sites for hydroxylation is 1. The van der Waals surface area contributed by atoms with E-state index in [2.05, 4.69) is 23.8 Å². The molecule has 13 heavy (non-hydrogen) atoms. The average Bonchev–Trinajstić information content (AvgIpc) is 2.15. The van der Waals surface area contributed by atoms with Crippen LogP contribution in [0.3, 0.4) is 0 Å². The fourth-order valence-electron chi connectivity index (χ4n) is 1.01. The summed E-state index contributed by atoms with van der Waals surface area (Å²) in [5.74, 6) is 1.55. The zero-order chi connectivity index (χ0) is 9.68. The summed E-state index contributed by atoms with van der Waals surface area (Å²) in [7, 11) is 0. The fourth-order valence-corrected chi connectivity index (χ4v) is 1.01. The van der Waals surface area contributed by atoms with Gasteiger partial charge in [-0.25, -0.2) is 9.97 Å². The maximum absolute atomic E-state index is 8.77. The van der Waals surface area contributed by atoms with Gasteiger partial charge in [0, 0.05) is 24.4 Å². The number of nitrogens with zero attached hydrogens (tertiary/aromatic N) is 2. The predicted octanol–water partition coefficient (Wildman–Crippen LogP) is 1.56. The number of hydrogen-bond acceptors (Lipinski definition) is 3. The SMILES string of the molecule is CC(C)CCc1ncc(CO)cn1. The van der Waals surface area contributed by atoms with Crippen LogP contribution in [0.4, 0.5) is 0 Å². The molecule has 0 atom stereocenters. The summed E-state index contributed by atoms with van der Waals surface area (Å²) >= 11 is 0. The van der Waals surface area contributed by atoms with E-state index in [-0.39, 0.29) is 6.61 Å². The Morgan fingerprint density at radius 1 is 1.31 bits per heavy atom. The van der Waals surface area contributed by atoms with Gasteiger partial charge in [-0.3, -0.25) is 0 Å². The normalized spacial score (nSPS) is 10.8. The van der Waals surface area contributed by atoms with Gasteiger partial charge >= 0.3 is 0 Å². The van der Waals surface area contributed by atoms with Crippen molar-refractivity contribution >= 4 is 0 Å². The Kier molecular flexibility index (Phi) is 3.83. The second-order valence-electron chi connectivity index (χ2n) is 3.60. The van der Waals surface area contributed by atoms with Crippen LogP contribution in [0.25, 0.3) is 0 Å². The van der Waals surface area contributed by atoms with Gasteiger partial charge in [0.25, 0.3) is 0 Å². The van der Waals surface area contributed by atoms with E-state index in [0.29, 0.717) is 5.92 Å². The molecule has 3 nitrogen and oxygen atoms in total. The molecule has 3 heteroatoms. The Hall–Kier alpha value is -0.960. The lowest BCUT2D eigenvalue weighted by Crippen LogP contribution is -1.99. The monoisotopic (exact) mass is 180 g/mol. The predicted molar refractivity (Wildman–Crippen MR) is 51.1 cm³/mol. The Morgan fingerprint density at radius 3 is 2.38 bits per heavy atom. The van der Waals surface area contributed by atoms with E-state index in [1.54, 1.807) is 12.4 Å². The van der Waals surface area contributed by atoms with Crippen molar-refractivity contribution in [3.05, 3.63) is 23.8 Å². The van der Waals surface area contributed by atoms with Crippen molar-refractivity contribution in [3.63, 3.8) is 0 Å². The molecule has 1 aromatic heterocycles. The van der Waals surface area contributed by atoms with Crippen molar-refractivity contribution in [1.29, 1.82) is 0 Å². The zero-order valence-corrected chi connectivity index (χ0v) is 8.20. The molecule has 0 bridgehead atoms. The lowest BCUT2D eigenvalue weighted by molar-refractivity contribution is 0.280. The highest BCUT2D eigenvalue weighted by atomic mass is 16.3. The molecule has 72 valence electrons. The molecular formula is C10H16N2O. The van der Waals surface area contributed by atoms with Crippen molar-refractivity contribution < 1.29 is 5.11 Å². The molecule has 1 N–H and O–H groups in total. The summed E-state index contributed by atoms with van der Waals surface area (Å²) in [5.41, 5.74) is 0.772. The average molecular weight is 180 g/mol. The van der Waals surface area contributed by atoms with Gasteiger partial charge < -0.3 is 5.11 Å². The minimum atomic E-state index is 0.0183. The lowest BCUT2D eigenvalue weighted by Gasteiger charge is -2.03. The molecule has 0 aliphatic carbocycles. The van der Waals surface area contributed by atoms with Crippen LogP contribution in [0.15, 0.2) is 12.4 Å². The molecule has 0 aliphatic heterocycles. The van der Waals surface area contributed by atoms with E-state index >= 15 is 0 Å². The Balaban J connectivity index is 2.49. The summed E-state index contributed by atoms with van der Waals surface area (Å²) in [5, 5.41) is 8.77. The second-order valence-corrected chi connectivity index (χ2v) is 3.60. The summed E-state index contributed by atoms with van der Waals surface area (Å²) in [4.78, 5) is 8.30. The third-order valence-corrected chi connectivity index (χ3v) is 1.89. The molecular weight excluding hydrogens is 164 g/mol. The molecule has 1 heterocycles. The molecule has 0 unspecified atom stereocenters. The Morgan fingerprint density at radius 2 is 1.92 bits per heavy atom. The molecule has 0 aliphatic rings. The van der Waals surface area contributed by atoms with Crippen LogP contribution in [0, 0.1) is 5.92 Å². The van der Waals surface area contributed by atoms with Gasteiger partial charge in [0.05, 0.1) is 6.61 Å². The van der Waals surface area contributed by atoms with Crippen molar-refractivity contribution in [1.82, 2.24) is 9.97 Å². The van der Waals surface area contributed by atoms with Crippen LogP contribution < -0.4 is 0 Å². The molecule has 0 fully saturated rings. The largest absolute Gasteiger partial charge is 0.392 e.